The Bertz CT molecular complexity index is 651. The van der Waals surface area contributed by atoms with Crippen LogP contribution in [0.25, 0.3) is 11.3 Å². The number of hydrogen-bond donors (Lipinski definition) is 1. The molecule has 7 heteroatoms. The van der Waals surface area contributed by atoms with Crippen molar-refractivity contribution >= 4 is 10.0 Å². The van der Waals surface area contributed by atoms with Crippen LogP contribution in [-0.4, -0.2) is 13.6 Å². The van der Waals surface area contributed by atoms with Gasteiger partial charge in [-0.25, -0.2) is 13.6 Å². The van der Waals surface area contributed by atoms with E-state index in [2.05, 4.69) is 5.16 Å². The summed E-state index contributed by atoms with van der Waals surface area (Å²) in [4.78, 5) is 0. The van der Waals surface area contributed by atoms with E-state index in [1.807, 2.05) is 0 Å². The third-order valence-corrected chi connectivity index (χ3v) is 3.51. The summed E-state index contributed by atoms with van der Waals surface area (Å²) in [7, 11) is -3.89. The first-order valence-corrected chi connectivity index (χ1v) is 6.67. The zero-order valence-electron chi connectivity index (χ0n) is 8.79. The Balaban J connectivity index is 2.05. The van der Waals surface area contributed by atoms with Crippen molar-refractivity contribution in [2.75, 3.05) is 0 Å². The molecule has 6 nitrogen and oxygen atoms in total. The topological polar surface area (TPSA) is 99.3 Å². The van der Waals surface area contributed by atoms with Gasteiger partial charge in [0.05, 0.1) is 17.5 Å². The quantitative estimate of drug-likeness (QED) is 0.893. The van der Waals surface area contributed by atoms with Crippen molar-refractivity contribution in [3.8, 4) is 11.3 Å². The van der Waals surface area contributed by atoms with Crippen LogP contribution in [0.15, 0.2) is 32.4 Å². The highest BCUT2D eigenvalue weighted by molar-refractivity contribution is 7.89. The van der Waals surface area contributed by atoms with Crippen LogP contribution >= 0.6 is 0 Å². The molecule has 90 valence electrons. The number of nitrogens with zero attached hydrogens (tertiary/aromatic N) is 1. The second kappa shape index (κ2) is 3.44. The van der Waals surface area contributed by atoms with Gasteiger partial charge < -0.3 is 8.94 Å². The second-order valence-corrected chi connectivity index (χ2v) is 5.52. The highest BCUT2D eigenvalue weighted by Gasteiger charge is 2.29. The lowest BCUT2D eigenvalue weighted by Crippen LogP contribution is -2.11. The van der Waals surface area contributed by atoms with E-state index in [4.69, 9.17) is 14.1 Å². The van der Waals surface area contributed by atoms with Crippen LogP contribution < -0.4 is 5.14 Å². The maximum atomic E-state index is 11.3. The van der Waals surface area contributed by atoms with Crippen molar-refractivity contribution in [3.05, 3.63) is 24.1 Å². The molecule has 0 spiro atoms. The van der Waals surface area contributed by atoms with E-state index in [1.165, 1.54) is 12.3 Å². The van der Waals surface area contributed by atoms with E-state index in [0.717, 1.165) is 18.5 Å². The maximum absolute atomic E-state index is 11.3. The second-order valence-electron chi connectivity index (χ2n) is 4.06. The van der Waals surface area contributed by atoms with Crippen LogP contribution in [0.3, 0.4) is 0 Å². The highest BCUT2D eigenvalue weighted by atomic mass is 32.2. The molecule has 0 amide bonds. The van der Waals surface area contributed by atoms with Crippen molar-refractivity contribution in [1.29, 1.82) is 0 Å². The zero-order valence-corrected chi connectivity index (χ0v) is 9.61. The summed E-state index contributed by atoms with van der Waals surface area (Å²) >= 11 is 0. The number of hydrogen-bond acceptors (Lipinski definition) is 5. The van der Waals surface area contributed by atoms with Crippen molar-refractivity contribution in [1.82, 2.24) is 5.16 Å². The van der Waals surface area contributed by atoms with Crippen molar-refractivity contribution in [3.63, 3.8) is 0 Å². The van der Waals surface area contributed by atoms with Gasteiger partial charge in [-0.15, -0.1) is 0 Å². The standard InChI is InChI=1S/C10H10N2O4S/c11-17(13,14)10-7(3-4-15-10)9-5-8(12-16-9)6-1-2-6/h3-6H,1-2H2,(H2,11,13,14). The zero-order chi connectivity index (χ0) is 12.0. The Morgan fingerprint density at radius 1 is 1.41 bits per heavy atom. The Labute approximate surface area is 97.4 Å². The molecule has 2 N–H and O–H groups in total. The molecule has 0 saturated heterocycles. The number of rotatable bonds is 3. The van der Waals surface area contributed by atoms with Crippen LogP contribution in [0.5, 0.6) is 0 Å². The Morgan fingerprint density at radius 2 is 2.18 bits per heavy atom. The summed E-state index contributed by atoms with van der Waals surface area (Å²) < 4.78 is 32.5. The van der Waals surface area contributed by atoms with Gasteiger partial charge in [-0.1, -0.05) is 5.16 Å². The van der Waals surface area contributed by atoms with E-state index in [1.54, 1.807) is 6.07 Å². The van der Waals surface area contributed by atoms with Gasteiger partial charge >= 0.3 is 0 Å². The van der Waals surface area contributed by atoms with E-state index in [0.29, 0.717) is 17.2 Å². The summed E-state index contributed by atoms with van der Waals surface area (Å²) in [5.41, 5.74) is 1.16. The Morgan fingerprint density at radius 3 is 2.82 bits per heavy atom. The van der Waals surface area contributed by atoms with Crippen LogP contribution in [0.4, 0.5) is 0 Å². The first-order chi connectivity index (χ1) is 8.05. The summed E-state index contributed by atoms with van der Waals surface area (Å²) in [6.45, 7) is 0. The fraction of sp³-hybridized carbons (Fsp3) is 0.300. The minimum absolute atomic E-state index is 0.295. The van der Waals surface area contributed by atoms with Gasteiger partial charge in [0.2, 0.25) is 5.09 Å². The monoisotopic (exact) mass is 254 g/mol. The molecule has 17 heavy (non-hydrogen) atoms. The van der Waals surface area contributed by atoms with Gasteiger partial charge in [-0.2, -0.15) is 0 Å². The predicted octanol–water partition coefficient (Wildman–Crippen LogP) is 1.46. The molecule has 2 aromatic heterocycles. The molecule has 0 bridgehead atoms. The SMILES string of the molecule is NS(=O)(=O)c1occc1-c1cc(C2CC2)no1. The van der Waals surface area contributed by atoms with Gasteiger partial charge in [-0.05, 0) is 18.9 Å². The number of primary sulfonamides is 1. The first kappa shape index (κ1) is 10.5. The van der Waals surface area contributed by atoms with Crippen LogP contribution in [-0.2, 0) is 10.0 Å². The molecule has 0 aromatic carbocycles. The normalized spacial score (nSPS) is 16.3. The van der Waals surface area contributed by atoms with E-state index >= 15 is 0 Å². The highest BCUT2D eigenvalue weighted by Crippen LogP contribution is 2.41. The van der Waals surface area contributed by atoms with Crippen molar-refractivity contribution in [2.45, 2.75) is 23.9 Å². The average Bonchev–Trinajstić information content (AvgIpc) is 2.82. The van der Waals surface area contributed by atoms with Crippen LogP contribution in [0.1, 0.15) is 24.5 Å². The lowest BCUT2D eigenvalue weighted by Gasteiger charge is -1.94. The molecule has 1 fully saturated rings. The van der Waals surface area contributed by atoms with E-state index < -0.39 is 10.0 Å². The summed E-state index contributed by atoms with van der Waals surface area (Å²) in [5, 5.41) is 8.64. The fourth-order valence-electron chi connectivity index (χ4n) is 1.69. The molecule has 3 rings (SSSR count). The van der Waals surface area contributed by atoms with Crippen molar-refractivity contribution < 1.29 is 17.4 Å². The summed E-state index contributed by atoms with van der Waals surface area (Å²) in [5.74, 6) is 0.807. The minimum atomic E-state index is -3.89. The third-order valence-electron chi connectivity index (χ3n) is 2.68. The lowest BCUT2D eigenvalue weighted by atomic mass is 10.2. The molecule has 0 unspecified atom stereocenters. The van der Waals surface area contributed by atoms with E-state index in [9.17, 15) is 8.42 Å². The number of aromatic nitrogens is 1. The van der Waals surface area contributed by atoms with Crippen LogP contribution in [0.2, 0.25) is 0 Å². The molecule has 2 heterocycles. The van der Waals surface area contributed by atoms with Gasteiger partial charge in [0.25, 0.3) is 10.0 Å². The molecule has 0 atom stereocenters. The summed E-state index contributed by atoms with van der Waals surface area (Å²) in [6, 6.07) is 3.23. The molecule has 1 aliphatic rings. The number of nitrogens with two attached hydrogens (primary N) is 1. The van der Waals surface area contributed by atoms with Gasteiger partial charge in [-0.3, -0.25) is 0 Å². The lowest BCUT2D eigenvalue weighted by molar-refractivity contribution is 0.415. The predicted molar refractivity (Wildman–Crippen MR) is 57.6 cm³/mol. The van der Waals surface area contributed by atoms with Gasteiger partial charge in [0, 0.05) is 12.0 Å². The van der Waals surface area contributed by atoms with Crippen LogP contribution in [0, 0.1) is 0 Å². The molecular weight excluding hydrogens is 244 g/mol. The Kier molecular flexibility index (Phi) is 2.14. The van der Waals surface area contributed by atoms with Gasteiger partial charge in [0.1, 0.15) is 0 Å². The fourth-order valence-corrected chi connectivity index (χ4v) is 2.35. The molecule has 1 saturated carbocycles. The largest absolute Gasteiger partial charge is 0.451 e. The average molecular weight is 254 g/mol. The van der Waals surface area contributed by atoms with E-state index in [-0.39, 0.29) is 5.09 Å². The molecule has 0 aliphatic heterocycles. The van der Waals surface area contributed by atoms with Crippen molar-refractivity contribution in [2.24, 2.45) is 5.14 Å². The Hall–Kier alpha value is -1.60. The molecular formula is C10H10N2O4S. The molecule has 1 aliphatic carbocycles. The molecule has 0 radical (unpaired) electrons. The third kappa shape index (κ3) is 1.87. The smallest absolute Gasteiger partial charge is 0.272 e. The number of sulfonamides is 1. The first-order valence-electron chi connectivity index (χ1n) is 5.13. The molecule has 2 aromatic rings. The minimum Gasteiger partial charge on any atom is -0.451 e. The summed E-state index contributed by atoms with van der Waals surface area (Å²) in [6.07, 6.45) is 3.45. The maximum Gasteiger partial charge on any atom is 0.272 e. The van der Waals surface area contributed by atoms with Gasteiger partial charge in [0.15, 0.2) is 5.76 Å². The number of furan rings is 1.